The van der Waals surface area contributed by atoms with Crippen molar-refractivity contribution in [2.45, 2.75) is 19.5 Å². The zero-order valence-electron chi connectivity index (χ0n) is 10.8. The molecule has 0 bridgehead atoms. The Morgan fingerprint density at radius 2 is 2.15 bits per heavy atom. The summed E-state index contributed by atoms with van der Waals surface area (Å²) in [7, 11) is 0. The van der Waals surface area contributed by atoms with Crippen LogP contribution in [0, 0.1) is 5.41 Å². The second kappa shape index (κ2) is 5.37. The van der Waals surface area contributed by atoms with Crippen LogP contribution >= 0.6 is 15.9 Å². The van der Waals surface area contributed by atoms with Crippen LogP contribution in [0.3, 0.4) is 0 Å². The molecule has 1 unspecified atom stereocenters. The van der Waals surface area contributed by atoms with Crippen molar-refractivity contribution in [2.75, 3.05) is 18.4 Å². The molecule has 0 aromatic heterocycles. The fraction of sp³-hybridized carbons (Fsp3) is 0.462. The fourth-order valence-corrected chi connectivity index (χ4v) is 2.51. The quantitative estimate of drug-likeness (QED) is 0.858. The van der Waals surface area contributed by atoms with E-state index in [0.717, 1.165) is 6.07 Å². The molecule has 20 heavy (non-hydrogen) atoms. The lowest BCUT2D eigenvalue weighted by Gasteiger charge is -2.23. The SMILES string of the molecule is CC1(C(=O)Nc2ccc(Br)cc2C(F)(F)F)CCNC1. The number of hydrogen-bond acceptors (Lipinski definition) is 2. The van der Waals surface area contributed by atoms with E-state index in [2.05, 4.69) is 26.6 Å². The fourth-order valence-electron chi connectivity index (χ4n) is 2.14. The van der Waals surface area contributed by atoms with Crippen molar-refractivity contribution in [3.63, 3.8) is 0 Å². The summed E-state index contributed by atoms with van der Waals surface area (Å²) in [5.74, 6) is -0.393. The molecule has 3 nitrogen and oxygen atoms in total. The molecule has 110 valence electrons. The van der Waals surface area contributed by atoms with E-state index in [4.69, 9.17) is 0 Å². The Bertz CT molecular complexity index is 525. The number of rotatable bonds is 2. The number of hydrogen-bond donors (Lipinski definition) is 2. The molecule has 0 spiro atoms. The number of alkyl halides is 3. The Labute approximate surface area is 123 Å². The lowest BCUT2D eigenvalue weighted by Crippen LogP contribution is -2.35. The maximum Gasteiger partial charge on any atom is 0.418 e. The number of halogens is 4. The standard InChI is InChI=1S/C13H14BrF3N2O/c1-12(4-5-18-7-12)11(20)19-10-3-2-8(14)6-9(10)13(15,16)17/h2-3,6,18H,4-5,7H2,1H3,(H,19,20). The molecule has 0 aliphatic carbocycles. The van der Waals surface area contributed by atoms with Crippen LogP contribution in [0.15, 0.2) is 22.7 Å². The number of carbonyl (C=O) groups is 1. The maximum atomic E-state index is 13.0. The van der Waals surface area contributed by atoms with Gasteiger partial charge in [-0.15, -0.1) is 0 Å². The Morgan fingerprint density at radius 3 is 2.70 bits per heavy atom. The summed E-state index contributed by atoms with van der Waals surface area (Å²) in [6.45, 7) is 2.90. The molecule has 2 rings (SSSR count). The van der Waals surface area contributed by atoms with Crippen LogP contribution in [0.25, 0.3) is 0 Å². The molecule has 7 heteroatoms. The van der Waals surface area contributed by atoms with Gasteiger partial charge in [0.25, 0.3) is 0 Å². The number of amides is 1. The Hall–Kier alpha value is -1.08. The van der Waals surface area contributed by atoms with Crippen LogP contribution in [-0.2, 0) is 11.0 Å². The average molecular weight is 351 g/mol. The van der Waals surface area contributed by atoms with Crippen LogP contribution in [0.5, 0.6) is 0 Å². The van der Waals surface area contributed by atoms with Crippen LogP contribution < -0.4 is 10.6 Å². The average Bonchev–Trinajstić information content (AvgIpc) is 2.78. The minimum Gasteiger partial charge on any atom is -0.325 e. The van der Waals surface area contributed by atoms with E-state index in [0.29, 0.717) is 24.0 Å². The summed E-state index contributed by atoms with van der Waals surface area (Å²) in [4.78, 5) is 12.2. The molecule has 1 fully saturated rings. The first-order chi connectivity index (χ1) is 9.22. The third kappa shape index (κ3) is 3.15. The summed E-state index contributed by atoms with van der Waals surface area (Å²) in [6.07, 6.45) is -3.90. The summed E-state index contributed by atoms with van der Waals surface area (Å²) in [6, 6.07) is 3.70. The highest BCUT2D eigenvalue weighted by Crippen LogP contribution is 2.37. The lowest BCUT2D eigenvalue weighted by atomic mass is 9.88. The third-order valence-corrected chi connectivity index (χ3v) is 3.95. The van der Waals surface area contributed by atoms with Crippen molar-refractivity contribution in [1.29, 1.82) is 0 Å². The van der Waals surface area contributed by atoms with Gasteiger partial charge in [0.2, 0.25) is 5.91 Å². The van der Waals surface area contributed by atoms with Gasteiger partial charge in [-0.1, -0.05) is 15.9 Å². The van der Waals surface area contributed by atoms with Crippen LogP contribution in [0.1, 0.15) is 18.9 Å². The summed E-state index contributed by atoms with van der Waals surface area (Å²) >= 11 is 3.01. The molecule has 1 aliphatic heterocycles. The number of carbonyl (C=O) groups excluding carboxylic acids is 1. The Kier molecular flexibility index (Phi) is 4.11. The van der Waals surface area contributed by atoms with E-state index in [-0.39, 0.29) is 5.69 Å². The molecule has 1 aliphatic rings. The highest BCUT2D eigenvalue weighted by Gasteiger charge is 2.39. The first kappa shape index (κ1) is 15.3. The molecular weight excluding hydrogens is 337 g/mol. The van der Waals surface area contributed by atoms with Gasteiger partial charge in [-0.2, -0.15) is 13.2 Å². The van der Waals surface area contributed by atoms with Crippen LogP contribution in [0.2, 0.25) is 0 Å². The monoisotopic (exact) mass is 350 g/mol. The smallest absolute Gasteiger partial charge is 0.325 e. The van der Waals surface area contributed by atoms with Gasteiger partial charge >= 0.3 is 6.18 Å². The lowest BCUT2D eigenvalue weighted by molar-refractivity contribution is -0.137. The normalized spacial score (nSPS) is 22.9. The Morgan fingerprint density at radius 1 is 1.45 bits per heavy atom. The number of nitrogens with one attached hydrogen (secondary N) is 2. The first-order valence-electron chi connectivity index (χ1n) is 6.11. The van der Waals surface area contributed by atoms with Crippen molar-refractivity contribution in [3.8, 4) is 0 Å². The molecule has 0 radical (unpaired) electrons. The van der Waals surface area contributed by atoms with Gasteiger partial charge in [0.05, 0.1) is 16.7 Å². The number of anilines is 1. The van der Waals surface area contributed by atoms with Gasteiger partial charge < -0.3 is 10.6 Å². The zero-order valence-corrected chi connectivity index (χ0v) is 12.4. The topological polar surface area (TPSA) is 41.1 Å². The van der Waals surface area contributed by atoms with E-state index >= 15 is 0 Å². The molecule has 1 atom stereocenters. The van der Waals surface area contributed by atoms with E-state index in [1.165, 1.54) is 12.1 Å². The highest BCUT2D eigenvalue weighted by atomic mass is 79.9. The van der Waals surface area contributed by atoms with Gasteiger partial charge in [0, 0.05) is 11.0 Å². The van der Waals surface area contributed by atoms with E-state index < -0.39 is 23.1 Å². The summed E-state index contributed by atoms with van der Waals surface area (Å²) in [5.41, 5.74) is -1.73. The zero-order chi connectivity index (χ0) is 15.0. The van der Waals surface area contributed by atoms with Crippen molar-refractivity contribution in [2.24, 2.45) is 5.41 Å². The molecular formula is C13H14BrF3N2O. The molecule has 1 aromatic rings. The molecule has 1 amide bonds. The van der Waals surface area contributed by atoms with Gasteiger partial charge in [-0.05, 0) is 38.1 Å². The predicted molar refractivity (Wildman–Crippen MR) is 73.4 cm³/mol. The molecule has 1 aromatic carbocycles. The maximum absolute atomic E-state index is 13.0. The molecule has 2 N–H and O–H groups in total. The third-order valence-electron chi connectivity index (χ3n) is 3.45. The molecule has 0 saturated carbocycles. The minimum absolute atomic E-state index is 0.209. The van der Waals surface area contributed by atoms with Gasteiger partial charge in [-0.25, -0.2) is 0 Å². The summed E-state index contributed by atoms with van der Waals surface area (Å²) in [5, 5.41) is 5.45. The minimum atomic E-state index is -4.51. The second-order valence-electron chi connectivity index (χ2n) is 5.13. The van der Waals surface area contributed by atoms with E-state index in [1.54, 1.807) is 6.92 Å². The van der Waals surface area contributed by atoms with Gasteiger partial charge in [-0.3, -0.25) is 4.79 Å². The Balaban J connectivity index is 2.27. The van der Waals surface area contributed by atoms with Gasteiger partial charge in [0.15, 0.2) is 0 Å². The predicted octanol–water partition coefficient (Wildman–Crippen LogP) is 3.41. The van der Waals surface area contributed by atoms with Crippen LogP contribution in [0.4, 0.5) is 18.9 Å². The van der Waals surface area contributed by atoms with Crippen molar-refractivity contribution < 1.29 is 18.0 Å². The van der Waals surface area contributed by atoms with Crippen LogP contribution in [-0.4, -0.2) is 19.0 Å². The van der Waals surface area contributed by atoms with Gasteiger partial charge in [0.1, 0.15) is 0 Å². The first-order valence-corrected chi connectivity index (χ1v) is 6.91. The van der Waals surface area contributed by atoms with Crippen molar-refractivity contribution in [3.05, 3.63) is 28.2 Å². The summed E-state index contributed by atoms with van der Waals surface area (Å²) < 4.78 is 39.2. The largest absolute Gasteiger partial charge is 0.418 e. The number of benzene rings is 1. The van der Waals surface area contributed by atoms with Crippen molar-refractivity contribution in [1.82, 2.24) is 5.32 Å². The van der Waals surface area contributed by atoms with E-state index in [9.17, 15) is 18.0 Å². The molecule has 1 heterocycles. The van der Waals surface area contributed by atoms with E-state index in [1.807, 2.05) is 0 Å². The molecule has 1 saturated heterocycles. The second-order valence-corrected chi connectivity index (χ2v) is 6.04. The highest BCUT2D eigenvalue weighted by molar-refractivity contribution is 9.10. The van der Waals surface area contributed by atoms with Crippen molar-refractivity contribution >= 4 is 27.5 Å².